The van der Waals surface area contributed by atoms with Crippen LogP contribution in [0.25, 0.3) is 11.1 Å². The molecule has 0 atom stereocenters. The van der Waals surface area contributed by atoms with Crippen LogP contribution < -0.4 is 4.90 Å². The third-order valence-corrected chi connectivity index (χ3v) is 5.17. The zero-order valence-electron chi connectivity index (χ0n) is 15.4. The van der Waals surface area contributed by atoms with Gasteiger partial charge in [0, 0.05) is 37.4 Å². The van der Waals surface area contributed by atoms with Crippen molar-refractivity contribution in [3.63, 3.8) is 0 Å². The van der Waals surface area contributed by atoms with E-state index in [1.54, 1.807) is 0 Å². The Balaban J connectivity index is 1.33. The minimum absolute atomic E-state index is 0.197. The van der Waals surface area contributed by atoms with Crippen LogP contribution in [0, 0.1) is 0 Å². The SMILES string of the molecule is O=C(CN1CCN(c2ccccc2)CC1)c1ccc(-c2ccccc2)cc1. The molecular formula is C24H24N2O. The van der Waals surface area contributed by atoms with E-state index in [0.717, 1.165) is 37.3 Å². The van der Waals surface area contributed by atoms with Gasteiger partial charge in [-0.05, 0) is 23.3 Å². The fourth-order valence-corrected chi connectivity index (χ4v) is 3.58. The Kier molecular flexibility index (Phi) is 5.31. The molecule has 0 amide bonds. The molecule has 0 spiro atoms. The maximum atomic E-state index is 12.7. The molecule has 0 aromatic heterocycles. The number of anilines is 1. The van der Waals surface area contributed by atoms with E-state index in [1.807, 2.05) is 48.5 Å². The van der Waals surface area contributed by atoms with Crippen LogP contribution in [0.4, 0.5) is 5.69 Å². The molecule has 3 heteroatoms. The molecule has 0 aliphatic carbocycles. The number of piperazine rings is 1. The minimum atomic E-state index is 0.197. The van der Waals surface area contributed by atoms with Crippen LogP contribution in [0.5, 0.6) is 0 Å². The molecule has 3 aromatic rings. The first-order valence-electron chi connectivity index (χ1n) is 9.51. The summed E-state index contributed by atoms with van der Waals surface area (Å²) < 4.78 is 0. The normalized spacial score (nSPS) is 14.9. The molecule has 1 aliphatic heterocycles. The van der Waals surface area contributed by atoms with Gasteiger partial charge in [0.05, 0.1) is 6.54 Å². The summed E-state index contributed by atoms with van der Waals surface area (Å²) in [5, 5.41) is 0. The number of hydrogen-bond acceptors (Lipinski definition) is 3. The molecule has 1 fully saturated rings. The molecule has 0 saturated carbocycles. The maximum Gasteiger partial charge on any atom is 0.176 e. The Morgan fingerprint density at radius 1 is 0.667 bits per heavy atom. The van der Waals surface area contributed by atoms with Crippen LogP contribution >= 0.6 is 0 Å². The molecule has 1 heterocycles. The fraction of sp³-hybridized carbons (Fsp3) is 0.208. The highest BCUT2D eigenvalue weighted by Gasteiger charge is 2.19. The van der Waals surface area contributed by atoms with Crippen molar-refractivity contribution in [1.82, 2.24) is 4.90 Å². The maximum absolute atomic E-state index is 12.7. The van der Waals surface area contributed by atoms with E-state index in [4.69, 9.17) is 0 Å². The van der Waals surface area contributed by atoms with Crippen molar-refractivity contribution in [1.29, 1.82) is 0 Å². The summed E-state index contributed by atoms with van der Waals surface area (Å²) in [6.45, 7) is 4.26. The molecule has 4 rings (SSSR count). The highest BCUT2D eigenvalue weighted by molar-refractivity contribution is 5.98. The highest BCUT2D eigenvalue weighted by Crippen LogP contribution is 2.20. The number of ketones is 1. The Labute approximate surface area is 160 Å². The number of Topliss-reactive ketones (excluding diaryl/α,β-unsaturated/α-hetero) is 1. The van der Waals surface area contributed by atoms with Gasteiger partial charge in [0.25, 0.3) is 0 Å². The average Bonchev–Trinajstić information content (AvgIpc) is 2.76. The molecule has 0 N–H and O–H groups in total. The lowest BCUT2D eigenvalue weighted by Gasteiger charge is -2.35. The van der Waals surface area contributed by atoms with Gasteiger partial charge in [0.2, 0.25) is 0 Å². The van der Waals surface area contributed by atoms with Gasteiger partial charge < -0.3 is 4.90 Å². The van der Waals surface area contributed by atoms with Gasteiger partial charge in [0.15, 0.2) is 5.78 Å². The zero-order valence-corrected chi connectivity index (χ0v) is 15.4. The van der Waals surface area contributed by atoms with Crippen LogP contribution in [0.2, 0.25) is 0 Å². The van der Waals surface area contributed by atoms with Crippen LogP contribution in [-0.2, 0) is 0 Å². The van der Waals surface area contributed by atoms with Gasteiger partial charge in [0.1, 0.15) is 0 Å². The Bertz CT molecular complexity index is 867. The Hall–Kier alpha value is -2.91. The summed E-state index contributed by atoms with van der Waals surface area (Å²) in [5.41, 5.74) is 4.37. The van der Waals surface area contributed by atoms with Crippen molar-refractivity contribution in [2.24, 2.45) is 0 Å². The molecule has 1 saturated heterocycles. The highest BCUT2D eigenvalue weighted by atomic mass is 16.1. The number of benzene rings is 3. The molecule has 0 bridgehead atoms. The smallest absolute Gasteiger partial charge is 0.176 e. The van der Waals surface area contributed by atoms with Gasteiger partial charge >= 0.3 is 0 Å². The van der Waals surface area contributed by atoms with E-state index in [-0.39, 0.29) is 5.78 Å². The van der Waals surface area contributed by atoms with E-state index in [2.05, 4.69) is 46.2 Å². The molecule has 3 aromatic carbocycles. The summed E-state index contributed by atoms with van der Waals surface area (Å²) in [6.07, 6.45) is 0. The van der Waals surface area contributed by atoms with Crippen molar-refractivity contribution < 1.29 is 4.79 Å². The van der Waals surface area contributed by atoms with Crippen molar-refractivity contribution in [3.05, 3.63) is 90.5 Å². The molecule has 1 aliphatic rings. The number of carbonyl (C=O) groups is 1. The predicted octanol–water partition coefficient (Wildman–Crippen LogP) is 4.36. The monoisotopic (exact) mass is 356 g/mol. The van der Waals surface area contributed by atoms with Gasteiger partial charge in [-0.15, -0.1) is 0 Å². The number of nitrogens with zero attached hydrogens (tertiary/aromatic N) is 2. The first kappa shape index (κ1) is 17.5. The topological polar surface area (TPSA) is 23.6 Å². The molecule has 136 valence electrons. The standard InChI is InChI=1S/C24H24N2O/c27-24(22-13-11-21(12-14-22)20-7-3-1-4-8-20)19-25-15-17-26(18-16-25)23-9-5-2-6-10-23/h1-14H,15-19H2. The number of carbonyl (C=O) groups excluding carboxylic acids is 1. The second-order valence-corrected chi connectivity index (χ2v) is 6.97. The molecule has 3 nitrogen and oxygen atoms in total. The van der Waals surface area contributed by atoms with Gasteiger partial charge in [-0.25, -0.2) is 0 Å². The first-order valence-corrected chi connectivity index (χ1v) is 9.51. The van der Waals surface area contributed by atoms with E-state index >= 15 is 0 Å². The average molecular weight is 356 g/mol. The van der Waals surface area contributed by atoms with Gasteiger partial charge in [-0.1, -0.05) is 72.8 Å². The lowest BCUT2D eigenvalue weighted by molar-refractivity contribution is 0.0926. The van der Waals surface area contributed by atoms with Crippen molar-refractivity contribution in [3.8, 4) is 11.1 Å². The van der Waals surface area contributed by atoms with E-state index in [1.165, 1.54) is 11.3 Å². The van der Waals surface area contributed by atoms with Gasteiger partial charge in [-0.3, -0.25) is 9.69 Å². The molecule has 27 heavy (non-hydrogen) atoms. The van der Waals surface area contributed by atoms with E-state index < -0.39 is 0 Å². The lowest BCUT2D eigenvalue weighted by atomic mass is 10.0. The largest absolute Gasteiger partial charge is 0.369 e. The van der Waals surface area contributed by atoms with Gasteiger partial charge in [-0.2, -0.15) is 0 Å². The minimum Gasteiger partial charge on any atom is -0.369 e. The lowest BCUT2D eigenvalue weighted by Crippen LogP contribution is -2.48. The van der Waals surface area contributed by atoms with E-state index in [0.29, 0.717) is 6.54 Å². The predicted molar refractivity (Wildman–Crippen MR) is 111 cm³/mol. The van der Waals surface area contributed by atoms with Crippen LogP contribution in [0.1, 0.15) is 10.4 Å². The summed E-state index contributed by atoms with van der Waals surface area (Å²) in [6, 6.07) is 28.7. The third-order valence-electron chi connectivity index (χ3n) is 5.17. The second-order valence-electron chi connectivity index (χ2n) is 6.97. The van der Waals surface area contributed by atoms with E-state index in [9.17, 15) is 4.79 Å². The summed E-state index contributed by atoms with van der Waals surface area (Å²) in [4.78, 5) is 17.3. The van der Waals surface area contributed by atoms with Crippen LogP contribution in [-0.4, -0.2) is 43.4 Å². The molecule has 0 radical (unpaired) electrons. The van der Waals surface area contributed by atoms with Crippen LogP contribution in [0.3, 0.4) is 0 Å². The zero-order chi connectivity index (χ0) is 18.5. The van der Waals surface area contributed by atoms with Crippen molar-refractivity contribution in [2.45, 2.75) is 0 Å². The number of rotatable bonds is 5. The number of para-hydroxylation sites is 1. The first-order chi connectivity index (χ1) is 13.3. The van der Waals surface area contributed by atoms with Crippen molar-refractivity contribution >= 4 is 11.5 Å². The third kappa shape index (κ3) is 4.26. The second kappa shape index (κ2) is 8.19. The Morgan fingerprint density at radius 2 is 1.22 bits per heavy atom. The quantitative estimate of drug-likeness (QED) is 0.635. The molecular weight excluding hydrogens is 332 g/mol. The molecule has 0 unspecified atom stereocenters. The summed E-state index contributed by atoms with van der Waals surface area (Å²) in [7, 11) is 0. The van der Waals surface area contributed by atoms with Crippen LogP contribution in [0.15, 0.2) is 84.9 Å². The summed E-state index contributed by atoms with van der Waals surface area (Å²) >= 11 is 0. The van der Waals surface area contributed by atoms with Crippen molar-refractivity contribution in [2.75, 3.05) is 37.6 Å². The Morgan fingerprint density at radius 3 is 1.85 bits per heavy atom. The fourth-order valence-electron chi connectivity index (χ4n) is 3.58. The number of hydrogen-bond donors (Lipinski definition) is 0. The summed E-state index contributed by atoms with van der Waals surface area (Å²) in [5.74, 6) is 0.197.